The molecule has 21 heavy (non-hydrogen) atoms. The second-order valence-electron chi connectivity index (χ2n) is 6.16. The highest BCUT2D eigenvalue weighted by atomic mass is 16.5. The van der Waals surface area contributed by atoms with E-state index in [-0.39, 0.29) is 5.54 Å². The van der Waals surface area contributed by atoms with Crippen LogP contribution in [0.25, 0.3) is 5.57 Å². The summed E-state index contributed by atoms with van der Waals surface area (Å²) in [4.78, 5) is 2.36. The second kappa shape index (κ2) is 5.69. The molecule has 2 aliphatic carbocycles. The standard InChI is InChI=1S/C19H25NO/c1-4-21-18-14-16(15-10-6-5-7-11-15)17-12-8-9-13-19(17,18)20(2)3/h5-7,10-11,14H,4,8-9,12-13H2,1-3H3. The molecular weight excluding hydrogens is 258 g/mol. The molecule has 0 amide bonds. The van der Waals surface area contributed by atoms with Crippen molar-refractivity contribution in [2.75, 3.05) is 20.7 Å². The first kappa shape index (κ1) is 14.4. The van der Waals surface area contributed by atoms with E-state index in [0.29, 0.717) is 0 Å². The number of nitrogens with zero attached hydrogens (tertiary/aromatic N) is 1. The molecule has 0 aromatic heterocycles. The molecule has 3 rings (SSSR count). The Morgan fingerprint density at radius 2 is 1.90 bits per heavy atom. The SMILES string of the molecule is CCOC1=CC(c2ccccc2)=C2CCCCC12N(C)C. The Bertz CT molecular complexity index is 570. The molecule has 1 unspecified atom stereocenters. The van der Waals surface area contributed by atoms with Gasteiger partial charge in [0, 0.05) is 0 Å². The summed E-state index contributed by atoms with van der Waals surface area (Å²) in [6, 6.07) is 10.7. The van der Waals surface area contributed by atoms with E-state index in [1.165, 1.54) is 30.4 Å². The molecule has 2 aliphatic rings. The fourth-order valence-corrected chi connectivity index (χ4v) is 3.91. The maximum absolute atomic E-state index is 6.07. The van der Waals surface area contributed by atoms with Crippen LogP contribution in [0.5, 0.6) is 0 Å². The van der Waals surface area contributed by atoms with E-state index in [1.54, 1.807) is 5.57 Å². The maximum atomic E-state index is 6.07. The van der Waals surface area contributed by atoms with Crippen molar-refractivity contribution in [2.45, 2.75) is 38.1 Å². The number of rotatable bonds is 4. The van der Waals surface area contributed by atoms with E-state index < -0.39 is 0 Å². The predicted octanol–water partition coefficient (Wildman–Crippen LogP) is 4.25. The summed E-state index contributed by atoms with van der Waals surface area (Å²) >= 11 is 0. The fraction of sp³-hybridized carbons (Fsp3) is 0.474. The van der Waals surface area contributed by atoms with E-state index in [4.69, 9.17) is 4.74 Å². The van der Waals surface area contributed by atoms with Gasteiger partial charge in [-0.2, -0.15) is 0 Å². The van der Waals surface area contributed by atoms with Gasteiger partial charge in [0.2, 0.25) is 0 Å². The molecule has 0 heterocycles. The molecule has 0 saturated heterocycles. The van der Waals surface area contributed by atoms with Gasteiger partial charge in [-0.15, -0.1) is 0 Å². The van der Waals surface area contributed by atoms with Gasteiger partial charge in [0.05, 0.1) is 6.61 Å². The average molecular weight is 283 g/mol. The zero-order chi connectivity index (χ0) is 14.9. The minimum absolute atomic E-state index is 0.0144. The molecule has 112 valence electrons. The van der Waals surface area contributed by atoms with Crippen molar-refractivity contribution in [2.24, 2.45) is 0 Å². The summed E-state index contributed by atoms with van der Waals surface area (Å²) in [5, 5.41) is 0. The zero-order valence-electron chi connectivity index (χ0n) is 13.4. The number of fused-ring (bicyclic) bond motifs is 1. The lowest BCUT2D eigenvalue weighted by Gasteiger charge is -2.43. The summed E-state index contributed by atoms with van der Waals surface area (Å²) in [5.74, 6) is 1.14. The van der Waals surface area contributed by atoms with Gasteiger partial charge < -0.3 is 4.74 Å². The number of ether oxygens (including phenoxy) is 1. The number of benzene rings is 1. The van der Waals surface area contributed by atoms with E-state index in [9.17, 15) is 0 Å². The molecule has 1 aromatic rings. The third kappa shape index (κ3) is 2.22. The van der Waals surface area contributed by atoms with Crippen LogP contribution >= 0.6 is 0 Å². The van der Waals surface area contributed by atoms with Gasteiger partial charge in [-0.1, -0.05) is 36.8 Å². The number of allylic oxidation sites excluding steroid dienone is 2. The van der Waals surface area contributed by atoms with Crippen LogP contribution < -0.4 is 0 Å². The van der Waals surface area contributed by atoms with Crippen molar-refractivity contribution in [1.29, 1.82) is 0 Å². The third-order valence-electron chi connectivity index (χ3n) is 4.87. The van der Waals surface area contributed by atoms with Crippen LogP contribution in [0.1, 0.15) is 38.2 Å². The molecule has 0 N–H and O–H groups in total. The lowest BCUT2D eigenvalue weighted by atomic mass is 9.76. The lowest BCUT2D eigenvalue weighted by molar-refractivity contribution is 0.0975. The Balaban J connectivity index is 2.14. The smallest absolute Gasteiger partial charge is 0.121 e. The highest BCUT2D eigenvalue weighted by molar-refractivity contribution is 5.83. The third-order valence-corrected chi connectivity index (χ3v) is 4.87. The largest absolute Gasteiger partial charge is 0.496 e. The first-order valence-corrected chi connectivity index (χ1v) is 8.01. The predicted molar refractivity (Wildman–Crippen MR) is 88.0 cm³/mol. The summed E-state index contributed by atoms with van der Waals surface area (Å²) < 4.78 is 6.07. The maximum Gasteiger partial charge on any atom is 0.121 e. The Morgan fingerprint density at radius 3 is 2.57 bits per heavy atom. The van der Waals surface area contributed by atoms with E-state index in [1.807, 2.05) is 0 Å². The van der Waals surface area contributed by atoms with Crippen molar-refractivity contribution in [1.82, 2.24) is 4.90 Å². The molecule has 1 atom stereocenters. The van der Waals surface area contributed by atoms with E-state index in [0.717, 1.165) is 18.8 Å². The van der Waals surface area contributed by atoms with Gasteiger partial charge in [-0.05, 0) is 63.1 Å². The molecule has 0 aliphatic heterocycles. The van der Waals surface area contributed by atoms with Crippen LogP contribution in [0.2, 0.25) is 0 Å². The first-order chi connectivity index (χ1) is 10.2. The van der Waals surface area contributed by atoms with Gasteiger partial charge in [-0.3, -0.25) is 4.90 Å². The Hall–Kier alpha value is -1.54. The summed E-state index contributed by atoms with van der Waals surface area (Å²) in [7, 11) is 4.37. The Labute approximate surface area is 128 Å². The van der Waals surface area contributed by atoms with Crippen LogP contribution in [0.4, 0.5) is 0 Å². The highest BCUT2D eigenvalue weighted by Crippen LogP contribution is 2.51. The van der Waals surface area contributed by atoms with Crippen molar-refractivity contribution < 1.29 is 4.74 Å². The normalized spacial score (nSPS) is 25.0. The Morgan fingerprint density at radius 1 is 1.14 bits per heavy atom. The van der Waals surface area contributed by atoms with Gasteiger partial charge in [-0.25, -0.2) is 0 Å². The van der Waals surface area contributed by atoms with Crippen molar-refractivity contribution in [3.63, 3.8) is 0 Å². The topological polar surface area (TPSA) is 12.5 Å². The van der Waals surface area contributed by atoms with Crippen molar-refractivity contribution in [3.8, 4) is 0 Å². The first-order valence-electron chi connectivity index (χ1n) is 8.01. The molecule has 1 aromatic carbocycles. The van der Waals surface area contributed by atoms with Crippen LogP contribution in [0, 0.1) is 0 Å². The summed E-state index contributed by atoms with van der Waals surface area (Å²) in [6.07, 6.45) is 7.19. The van der Waals surface area contributed by atoms with Gasteiger partial charge in [0.15, 0.2) is 0 Å². The summed E-state index contributed by atoms with van der Waals surface area (Å²) in [5.41, 5.74) is 4.23. The van der Waals surface area contributed by atoms with Crippen LogP contribution in [0.15, 0.2) is 47.7 Å². The molecule has 1 saturated carbocycles. The van der Waals surface area contributed by atoms with E-state index >= 15 is 0 Å². The Kier molecular flexibility index (Phi) is 3.90. The summed E-state index contributed by atoms with van der Waals surface area (Å²) in [6.45, 7) is 2.81. The molecule has 2 nitrogen and oxygen atoms in total. The minimum atomic E-state index is -0.0144. The van der Waals surface area contributed by atoms with Crippen molar-refractivity contribution >= 4 is 5.57 Å². The quantitative estimate of drug-likeness (QED) is 0.819. The average Bonchev–Trinajstić information content (AvgIpc) is 2.85. The minimum Gasteiger partial charge on any atom is -0.496 e. The molecular formula is C19H25NO. The number of likely N-dealkylation sites (N-methyl/N-ethyl adjacent to an activating group) is 1. The number of hydrogen-bond acceptors (Lipinski definition) is 2. The molecule has 0 spiro atoms. The molecule has 2 heteroatoms. The van der Waals surface area contributed by atoms with Gasteiger partial charge in [0.1, 0.15) is 11.3 Å². The molecule has 0 radical (unpaired) electrons. The van der Waals surface area contributed by atoms with Crippen LogP contribution in [-0.2, 0) is 4.74 Å². The van der Waals surface area contributed by atoms with Crippen molar-refractivity contribution in [3.05, 3.63) is 53.3 Å². The fourth-order valence-electron chi connectivity index (χ4n) is 3.91. The number of hydrogen-bond donors (Lipinski definition) is 0. The highest BCUT2D eigenvalue weighted by Gasteiger charge is 2.47. The van der Waals surface area contributed by atoms with Crippen LogP contribution in [-0.4, -0.2) is 31.1 Å². The van der Waals surface area contributed by atoms with Crippen LogP contribution in [0.3, 0.4) is 0 Å². The van der Waals surface area contributed by atoms with Gasteiger partial charge in [0.25, 0.3) is 0 Å². The zero-order valence-corrected chi connectivity index (χ0v) is 13.4. The van der Waals surface area contributed by atoms with E-state index in [2.05, 4.69) is 62.3 Å². The monoisotopic (exact) mass is 283 g/mol. The lowest BCUT2D eigenvalue weighted by Crippen LogP contribution is -2.48. The molecule has 0 bridgehead atoms. The molecule has 1 fully saturated rings. The van der Waals surface area contributed by atoms with Gasteiger partial charge >= 0.3 is 0 Å². The second-order valence-corrected chi connectivity index (χ2v) is 6.16.